The van der Waals surface area contributed by atoms with E-state index < -0.39 is 10.8 Å². The average Bonchev–Trinajstić information content (AvgIpc) is 2.78. The van der Waals surface area contributed by atoms with Crippen LogP contribution in [0.3, 0.4) is 0 Å². The Morgan fingerprint density at radius 2 is 1.81 bits per heavy atom. The third kappa shape index (κ3) is 3.71. The number of nitrogens with zero attached hydrogens (tertiary/aromatic N) is 2. The van der Waals surface area contributed by atoms with Crippen LogP contribution in [0.15, 0.2) is 47.7 Å². The SMILES string of the molecule is COc1ccc(C2CC(=O)N(c3ccc(Cl)c([N+](=O)[O-])c3)C3=C2C(=O)CCC3)cc1OC. The fourth-order valence-electron chi connectivity index (χ4n) is 4.43. The van der Waals surface area contributed by atoms with Gasteiger partial charge in [-0.05, 0) is 42.7 Å². The third-order valence-electron chi connectivity index (χ3n) is 5.87. The number of carbonyl (C=O) groups is 2. The van der Waals surface area contributed by atoms with Crippen molar-refractivity contribution >= 4 is 34.7 Å². The molecule has 2 aromatic carbocycles. The monoisotopic (exact) mass is 456 g/mol. The quantitative estimate of drug-likeness (QED) is 0.473. The summed E-state index contributed by atoms with van der Waals surface area (Å²) in [4.78, 5) is 38.5. The van der Waals surface area contributed by atoms with Gasteiger partial charge >= 0.3 is 0 Å². The van der Waals surface area contributed by atoms with Gasteiger partial charge in [0.05, 0.1) is 24.8 Å². The zero-order chi connectivity index (χ0) is 23.0. The lowest BCUT2D eigenvalue weighted by Gasteiger charge is -2.38. The summed E-state index contributed by atoms with van der Waals surface area (Å²) >= 11 is 5.95. The van der Waals surface area contributed by atoms with E-state index in [2.05, 4.69) is 0 Å². The number of methoxy groups -OCH3 is 2. The lowest BCUT2D eigenvalue weighted by atomic mass is 9.77. The van der Waals surface area contributed by atoms with Gasteiger partial charge < -0.3 is 9.47 Å². The topological polar surface area (TPSA) is 99.0 Å². The number of allylic oxidation sites excluding steroid dienone is 2. The Kier molecular flexibility index (Phi) is 5.88. The second-order valence-electron chi connectivity index (χ2n) is 7.63. The van der Waals surface area contributed by atoms with Crippen LogP contribution in [0.1, 0.15) is 37.2 Å². The van der Waals surface area contributed by atoms with Crippen LogP contribution in [0, 0.1) is 10.1 Å². The van der Waals surface area contributed by atoms with E-state index in [1.54, 1.807) is 18.2 Å². The molecule has 4 rings (SSSR count). The number of anilines is 1. The van der Waals surface area contributed by atoms with Gasteiger partial charge in [-0.15, -0.1) is 0 Å². The molecule has 2 aromatic rings. The van der Waals surface area contributed by atoms with Crippen molar-refractivity contribution in [2.75, 3.05) is 19.1 Å². The second-order valence-corrected chi connectivity index (χ2v) is 8.04. The fraction of sp³-hybridized carbons (Fsp3) is 0.304. The normalized spacial score (nSPS) is 18.5. The van der Waals surface area contributed by atoms with Gasteiger partial charge in [-0.2, -0.15) is 0 Å². The molecular formula is C23H21ClN2O6. The number of hydrogen-bond acceptors (Lipinski definition) is 6. The molecule has 0 spiro atoms. The Labute approximate surface area is 189 Å². The molecule has 0 N–H and O–H groups in total. The number of amides is 1. The van der Waals surface area contributed by atoms with Crippen LogP contribution in [0.2, 0.25) is 5.02 Å². The number of carbonyl (C=O) groups excluding carboxylic acids is 2. The summed E-state index contributed by atoms with van der Waals surface area (Å²) in [5.74, 6) is 0.377. The van der Waals surface area contributed by atoms with Gasteiger partial charge in [0.15, 0.2) is 17.3 Å². The first-order chi connectivity index (χ1) is 15.3. The Balaban J connectivity index is 1.85. The van der Waals surface area contributed by atoms with E-state index in [0.717, 1.165) is 5.56 Å². The summed E-state index contributed by atoms with van der Waals surface area (Å²) in [7, 11) is 3.06. The van der Waals surface area contributed by atoms with Crippen molar-refractivity contribution in [1.82, 2.24) is 0 Å². The van der Waals surface area contributed by atoms with Crippen molar-refractivity contribution in [3.63, 3.8) is 0 Å². The lowest BCUT2D eigenvalue weighted by Crippen LogP contribution is -2.40. The molecule has 1 unspecified atom stereocenters. The van der Waals surface area contributed by atoms with Gasteiger partial charge in [-0.1, -0.05) is 17.7 Å². The number of nitro benzene ring substituents is 1. The van der Waals surface area contributed by atoms with Crippen molar-refractivity contribution in [2.45, 2.75) is 31.6 Å². The first-order valence-electron chi connectivity index (χ1n) is 10.1. The molecule has 2 aliphatic rings. The molecule has 0 radical (unpaired) electrons. The Morgan fingerprint density at radius 3 is 2.50 bits per heavy atom. The van der Waals surface area contributed by atoms with E-state index in [0.29, 0.717) is 47.7 Å². The van der Waals surface area contributed by atoms with Crippen LogP contribution >= 0.6 is 11.6 Å². The Bertz CT molecular complexity index is 1160. The van der Waals surface area contributed by atoms with Gasteiger partial charge in [0.2, 0.25) is 5.91 Å². The van der Waals surface area contributed by atoms with Crippen LogP contribution < -0.4 is 14.4 Å². The highest BCUT2D eigenvalue weighted by molar-refractivity contribution is 6.32. The zero-order valence-electron chi connectivity index (χ0n) is 17.6. The highest BCUT2D eigenvalue weighted by Crippen LogP contribution is 2.45. The predicted octanol–water partition coefficient (Wildman–Crippen LogP) is 4.79. The van der Waals surface area contributed by atoms with Crippen molar-refractivity contribution in [2.24, 2.45) is 0 Å². The number of Topliss-reactive ketones (excluding diaryl/α,β-unsaturated/α-hetero) is 1. The minimum Gasteiger partial charge on any atom is -0.493 e. The first-order valence-corrected chi connectivity index (χ1v) is 10.5. The molecule has 8 nitrogen and oxygen atoms in total. The van der Waals surface area contributed by atoms with Gasteiger partial charge in [0, 0.05) is 36.1 Å². The van der Waals surface area contributed by atoms with Crippen LogP contribution in [-0.2, 0) is 9.59 Å². The number of hydrogen-bond donors (Lipinski definition) is 0. The number of rotatable bonds is 5. The molecule has 0 bridgehead atoms. The minimum atomic E-state index is -0.589. The first kappa shape index (κ1) is 21.8. The maximum atomic E-state index is 13.3. The fourth-order valence-corrected chi connectivity index (χ4v) is 4.61. The summed E-state index contributed by atoms with van der Waals surface area (Å²) in [5.41, 5.74) is 1.98. The molecule has 166 valence electrons. The maximum absolute atomic E-state index is 13.3. The van der Waals surface area contributed by atoms with E-state index in [4.69, 9.17) is 21.1 Å². The predicted molar refractivity (Wildman–Crippen MR) is 118 cm³/mol. The van der Waals surface area contributed by atoms with Crippen LogP contribution in [0.4, 0.5) is 11.4 Å². The Hall–Kier alpha value is -3.39. The highest BCUT2D eigenvalue weighted by Gasteiger charge is 2.40. The van der Waals surface area contributed by atoms with E-state index in [-0.39, 0.29) is 28.8 Å². The molecule has 32 heavy (non-hydrogen) atoms. The van der Waals surface area contributed by atoms with Gasteiger partial charge in [-0.25, -0.2) is 0 Å². The van der Waals surface area contributed by atoms with Crippen molar-refractivity contribution in [3.8, 4) is 11.5 Å². The van der Waals surface area contributed by atoms with Crippen molar-refractivity contribution in [1.29, 1.82) is 0 Å². The molecular weight excluding hydrogens is 436 g/mol. The third-order valence-corrected chi connectivity index (χ3v) is 6.19. The number of ketones is 1. The number of nitro groups is 1. The molecule has 1 aliphatic carbocycles. The molecule has 0 saturated carbocycles. The van der Waals surface area contributed by atoms with Crippen LogP contribution in [0.25, 0.3) is 0 Å². The highest BCUT2D eigenvalue weighted by atomic mass is 35.5. The summed E-state index contributed by atoms with van der Waals surface area (Å²) in [6, 6.07) is 9.60. The zero-order valence-corrected chi connectivity index (χ0v) is 18.3. The molecule has 0 fully saturated rings. The summed E-state index contributed by atoms with van der Waals surface area (Å²) in [5, 5.41) is 11.3. The van der Waals surface area contributed by atoms with E-state index in [1.807, 2.05) is 6.07 Å². The van der Waals surface area contributed by atoms with Crippen LogP contribution in [-0.4, -0.2) is 30.8 Å². The molecule has 1 heterocycles. The smallest absolute Gasteiger partial charge is 0.289 e. The van der Waals surface area contributed by atoms with E-state index in [1.165, 1.54) is 31.3 Å². The summed E-state index contributed by atoms with van der Waals surface area (Å²) in [6.07, 6.45) is 1.57. The van der Waals surface area contributed by atoms with Crippen LogP contribution in [0.5, 0.6) is 11.5 Å². The van der Waals surface area contributed by atoms with E-state index in [9.17, 15) is 19.7 Å². The molecule has 9 heteroatoms. The lowest BCUT2D eigenvalue weighted by molar-refractivity contribution is -0.384. The molecule has 1 amide bonds. The van der Waals surface area contributed by atoms with Gasteiger partial charge in [0.1, 0.15) is 5.02 Å². The number of benzene rings is 2. The molecule has 1 aliphatic heterocycles. The van der Waals surface area contributed by atoms with E-state index >= 15 is 0 Å². The molecule has 0 aromatic heterocycles. The number of halogens is 1. The average molecular weight is 457 g/mol. The number of ether oxygens (including phenoxy) is 2. The Morgan fingerprint density at radius 1 is 1.06 bits per heavy atom. The van der Waals surface area contributed by atoms with Crippen molar-refractivity contribution in [3.05, 3.63) is 68.4 Å². The minimum absolute atomic E-state index is 0.0136. The summed E-state index contributed by atoms with van der Waals surface area (Å²) in [6.45, 7) is 0. The molecule has 1 atom stereocenters. The van der Waals surface area contributed by atoms with Crippen molar-refractivity contribution < 1.29 is 24.0 Å². The standard InChI is InChI=1S/C23H21ClN2O6/c1-31-20-9-6-13(10-21(20)32-2)15-12-22(28)25(17-4-3-5-19(27)23(15)17)14-7-8-16(24)18(11-14)26(29)30/h6-11,15H,3-5,12H2,1-2H3. The second kappa shape index (κ2) is 8.63. The maximum Gasteiger partial charge on any atom is 0.289 e. The van der Waals surface area contributed by atoms with Gasteiger partial charge in [-0.3, -0.25) is 24.6 Å². The summed E-state index contributed by atoms with van der Waals surface area (Å²) < 4.78 is 10.7. The molecule has 0 saturated heterocycles. The largest absolute Gasteiger partial charge is 0.493 e. The van der Waals surface area contributed by atoms with Gasteiger partial charge in [0.25, 0.3) is 5.69 Å².